The molecule has 0 bridgehead atoms. The number of halogens is 1. The molecular weight excluding hydrogens is 424 g/mol. The van der Waals surface area contributed by atoms with E-state index in [9.17, 15) is 4.79 Å². The molecule has 5 rings (SSSR count). The summed E-state index contributed by atoms with van der Waals surface area (Å²) in [5.74, 6) is 0.373. The first-order chi connectivity index (χ1) is 15.6. The molecule has 1 aromatic heterocycles. The fourth-order valence-electron chi connectivity index (χ4n) is 4.31. The molecule has 0 spiro atoms. The molecule has 0 saturated carbocycles. The van der Waals surface area contributed by atoms with E-state index < -0.39 is 12.0 Å². The molecule has 1 aliphatic heterocycles. The molecule has 0 aliphatic carbocycles. The summed E-state index contributed by atoms with van der Waals surface area (Å²) in [7, 11) is 1.58. The van der Waals surface area contributed by atoms with Crippen molar-refractivity contribution in [2.24, 2.45) is 10.9 Å². The molecule has 2 unspecified atom stereocenters. The number of methoxy groups -OCH3 is 1. The van der Waals surface area contributed by atoms with Crippen molar-refractivity contribution in [2.75, 3.05) is 12.4 Å². The van der Waals surface area contributed by atoms with Gasteiger partial charge in [0, 0.05) is 10.7 Å². The third-order valence-electron chi connectivity index (χ3n) is 5.77. The summed E-state index contributed by atoms with van der Waals surface area (Å²) < 4.78 is 7.42. The van der Waals surface area contributed by atoms with Crippen LogP contribution in [0, 0.1) is 5.92 Å². The van der Waals surface area contributed by atoms with Crippen LogP contribution >= 0.6 is 11.6 Å². The van der Waals surface area contributed by atoms with E-state index in [4.69, 9.17) is 26.3 Å². The highest BCUT2D eigenvalue weighted by Gasteiger charge is 2.40. The van der Waals surface area contributed by atoms with E-state index in [2.05, 4.69) is 5.32 Å². The van der Waals surface area contributed by atoms with Crippen LogP contribution in [0.4, 0.5) is 11.6 Å². The summed E-state index contributed by atoms with van der Waals surface area (Å²) in [6.45, 7) is 1.86. The minimum Gasteiger partial charge on any atom is -0.495 e. The number of ether oxygens (including phenoxy) is 1. The average Bonchev–Trinajstić information content (AvgIpc) is 3.16. The number of rotatable bonds is 4. The fourth-order valence-corrected chi connectivity index (χ4v) is 4.56. The van der Waals surface area contributed by atoms with Gasteiger partial charge in [-0.15, -0.1) is 0 Å². The lowest BCUT2D eigenvalue weighted by Gasteiger charge is -2.32. The van der Waals surface area contributed by atoms with Crippen LogP contribution in [0.1, 0.15) is 18.5 Å². The second kappa shape index (κ2) is 8.13. The monoisotopic (exact) mass is 444 g/mol. The first kappa shape index (κ1) is 20.3. The molecule has 3 aromatic carbocycles. The average molecular weight is 445 g/mol. The van der Waals surface area contributed by atoms with Crippen LogP contribution in [0.3, 0.4) is 0 Å². The molecule has 160 valence electrons. The standard InChI is InChI=1S/C25H21ClN4O2/c1-15-22(24(31)28-19-12-6-8-14-21(19)32-2)23(16-9-3-4-10-17(16)26)30-20-13-7-5-11-18(20)29-25(30)27-15/h3-14,22-23H,1-2H3,(H,28,31). The molecule has 1 N–H and O–H groups in total. The smallest absolute Gasteiger partial charge is 0.235 e. The predicted octanol–water partition coefficient (Wildman–Crippen LogP) is 5.65. The Balaban J connectivity index is 1.67. The van der Waals surface area contributed by atoms with Crippen molar-refractivity contribution in [1.29, 1.82) is 0 Å². The summed E-state index contributed by atoms with van der Waals surface area (Å²) in [6, 6.07) is 22.4. The number of amides is 1. The Bertz CT molecular complexity index is 1360. The molecule has 2 heterocycles. The third kappa shape index (κ3) is 3.33. The van der Waals surface area contributed by atoms with Gasteiger partial charge in [-0.25, -0.2) is 9.98 Å². The van der Waals surface area contributed by atoms with Crippen LogP contribution in [0.25, 0.3) is 11.0 Å². The highest BCUT2D eigenvalue weighted by atomic mass is 35.5. The van der Waals surface area contributed by atoms with E-state index in [0.717, 1.165) is 16.6 Å². The lowest BCUT2D eigenvalue weighted by Crippen LogP contribution is -2.38. The molecule has 0 radical (unpaired) electrons. The fraction of sp³-hybridized carbons (Fsp3) is 0.160. The number of hydrogen-bond donors (Lipinski definition) is 1. The van der Waals surface area contributed by atoms with E-state index in [1.807, 2.05) is 84.3 Å². The highest BCUT2D eigenvalue weighted by Crippen LogP contribution is 2.42. The van der Waals surface area contributed by atoms with Gasteiger partial charge in [-0.05, 0) is 42.8 Å². The number of aromatic nitrogens is 2. The molecule has 0 fully saturated rings. The Labute approximate surface area is 190 Å². The number of imidazole rings is 1. The number of fused-ring (bicyclic) bond motifs is 3. The summed E-state index contributed by atoms with van der Waals surface area (Å²) in [5.41, 5.74) is 3.84. The largest absolute Gasteiger partial charge is 0.495 e. The van der Waals surface area contributed by atoms with Gasteiger partial charge >= 0.3 is 0 Å². The topological polar surface area (TPSA) is 68.5 Å². The molecule has 6 nitrogen and oxygen atoms in total. The summed E-state index contributed by atoms with van der Waals surface area (Å²) in [6.07, 6.45) is 0. The van der Waals surface area contributed by atoms with E-state index in [1.165, 1.54) is 0 Å². The Kier molecular flexibility index (Phi) is 5.15. The van der Waals surface area contributed by atoms with Gasteiger partial charge < -0.3 is 10.1 Å². The second-order valence-electron chi connectivity index (χ2n) is 7.66. The Morgan fingerprint density at radius 1 is 1.03 bits per heavy atom. The van der Waals surface area contributed by atoms with Gasteiger partial charge in [0.25, 0.3) is 0 Å². The predicted molar refractivity (Wildman–Crippen MR) is 127 cm³/mol. The number of hydrogen-bond acceptors (Lipinski definition) is 4. The molecular formula is C25H21ClN4O2. The number of nitrogens with one attached hydrogen (secondary N) is 1. The number of anilines is 1. The summed E-state index contributed by atoms with van der Waals surface area (Å²) in [5, 5.41) is 3.62. The van der Waals surface area contributed by atoms with Crippen LogP contribution in [0.2, 0.25) is 5.02 Å². The quantitative estimate of drug-likeness (QED) is 0.442. The number of para-hydroxylation sites is 4. The van der Waals surface area contributed by atoms with Crippen LogP contribution in [-0.2, 0) is 4.79 Å². The lowest BCUT2D eigenvalue weighted by molar-refractivity contribution is -0.118. The van der Waals surface area contributed by atoms with Gasteiger partial charge in [-0.1, -0.05) is 54.1 Å². The molecule has 1 amide bonds. The van der Waals surface area contributed by atoms with Crippen molar-refractivity contribution in [3.63, 3.8) is 0 Å². The molecule has 0 saturated heterocycles. The van der Waals surface area contributed by atoms with Crippen LogP contribution < -0.4 is 10.1 Å². The first-order valence-corrected chi connectivity index (χ1v) is 10.7. The van der Waals surface area contributed by atoms with E-state index in [0.29, 0.717) is 28.1 Å². The van der Waals surface area contributed by atoms with Gasteiger partial charge in [0.1, 0.15) is 11.7 Å². The first-order valence-electron chi connectivity index (χ1n) is 10.3. The van der Waals surface area contributed by atoms with Crippen molar-refractivity contribution in [1.82, 2.24) is 9.55 Å². The SMILES string of the molecule is COc1ccccc1NC(=O)C1C(C)=Nc2nc3ccccc3n2C1c1ccccc1Cl. The molecule has 4 aromatic rings. The lowest BCUT2D eigenvalue weighted by atomic mass is 9.87. The van der Waals surface area contributed by atoms with Crippen molar-refractivity contribution in [3.8, 4) is 5.75 Å². The normalized spacial score (nSPS) is 17.5. The summed E-state index contributed by atoms with van der Waals surface area (Å²) >= 11 is 6.64. The number of nitrogens with zero attached hydrogens (tertiary/aromatic N) is 3. The Morgan fingerprint density at radius 2 is 1.75 bits per heavy atom. The van der Waals surface area contributed by atoms with E-state index in [1.54, 1.807) is 7.11 Å². The minimum absolute atomic E-state index is 0.191. The Hall–Kier alpha value is -3.64. The van der Waals surface area contributed by atoms with Crippen LogP contribution in [0.15, 0.2) is 77.8 Å². The van der Waals surface area contributed by atoms with Crippen molar-refractivity contribution >= 4 is 45.9 Å². The Morgan fingerprint density at radius 3 is 2.56 bits per heavy atom. The van der Waals surface area contributed by atoms with Crippen molar-refractivity contribution in [2.45, 2.75) is 13.0 Å². The maximum Gasteiger partial charge on any atom is 0.235 e. The van der Waals surface area contributed by atoms with Gasteiger partial charge in [0.15, 0.2) is 0 Å². The molecule has 32 heavy (non-hydrogen) atoms. The van der Waals surface area contributed by atoms with Gasteiger partial charge in [0.2, 0.25) is 11.9 Å². The zero-order valence-corrected chi connectivity index (χ0v) is 18.4. The summed E-state index contributed by atoms with van der Waals surface area (Å²) in [4.78, 5) is 23.1. The van der Waals surface area contributed by atoms with E-state index >= 15 is 0 Å². The van der Waals surface area contributed by atoms with Crippen molar-refractivity contribution in [3.05, 3.63) is 83.4 Å². The molecule has 7 heteroatoms. The number of carbonyl (C=O) groups is 1. The zero-order valence-electron chi connectivity index (χ0n) is 17.6. The zero-order chi connectivity index (χ0) is 22.2. The van der Waals surface area contributed by atoms with Gasteiger partial charge in [-0.2, -0.15) is 0 Å². The number of aliphatic imine (C=N–C) groups is 1. The second-order valence-corrected chi connectivity index (χ2v) is 8.06. The van der Waals surface area contributed by atoms with Crippen molar-refractivity contribution < 1.29 is 9.53 Å². The third-order valence-corrected chi connectivity index (χ3v) is 6.11. The van der Waals surface area contributed by atoms with Gasteiger partial charge in [-0.3, -0.25) is 9.36 Å². The van der Waals surface area contributed by atoms with Gasteiger partial charge in [0.05, 0.1) is 29.9 Å². The van der Waals surface area contributed by atoms with E-state index in [-0.39, 0.29) is 5.91 Å². The van der Waals surface area contributed by atoms with Crippen LogP contribution in [-0.4, -0.2) is 28.3 Å². The molecule has 2 atom stereocenters. The number of carbonyl (C=O) groups excluding carboxylic acids is 1. The maximum absolute atomic E-state index is 13.7. The minimum atomic E-state index is -0.593. The number of benzene rings is 3. The molecule has 1 aliphatic rings. The highest BCUT2D eigenvalue weighted by molar-refractivity contribution is 6.31. The van der Waals surface area contributed by atoms with Crippen LogP contribution in [0.5, 0.6) is 5.75 Å². The maximum atomic E-state index is 13.7.